The van der Waals surface area contributed by atoms with Crippen molar-refractivity contribution in [3.8, 4) is 17.2 Å². The SMILES string of the molecule is COc1cc(NC(=O)c2ccc3c(c2)N(C)C2CCCCN2C3=O)cc(OC)c1OC. The fraction of sp³-hybridized carbons (Fsp3) is 0.391. The zero-order chi connectivity index (χ0) is 22.1. The summed E-state index contributed by atoms with van der Waals surface area (Å²) in [5, 5.41) is 2.88. The van der Waals surface area contributed by atoms with E-state index >= 15 is 0 Å². The number of amides is 2. The maximum atomic E-state index is 13.0. The van der Waals surface area contributed by atoms with E-state index in [2.05, 4.69) is 10.2 Å². The molecule has 0 radical (unpaired) electrons. The number of hydrogen-bond donors (Lipinski definition) is 1. The van der Waals surface area contributed by atoms with Crippen molar-refractivity contribution in [2.24, 2.45) is 0 Å². The Labute approximate surface area is 181 Å². The Morgan fingerprint density at radius 2 is 1.74 bits per heavy atom. The first-order valence-electron chi connectivity index (χ1n) is 10.3. The van der Waals surface area contributed by atoms with Crippen LogP contribution in [0.25, 0.3) is 0 Å². The van der Waals surface area contributed by atoms with Crippen LogP contribution in [0, 0.1) is 0 Å². The van der Waals surface area contributed by atoms with Crippen LogP contribution in [0.5, 0.6) is 17.2 Å². The second kappa shape index (κ2) is 8.37. The number of carbonyl (C=O) groups is 2. The van der Waals surface area contributed by atoms with Gasteiger partial charge >= 0.3 is 0 Å². The Balaban J connectivity index is 1.62. The van der Waals surface area contributed by atoms with Crippen LogP contribution in [0.2, 0.25) is 0 Å². The predicted molar refractivity (Wildman–Crippen MR) is 118 cm³/mol. The lowest BCUT2D eigenvalue weighted by atomic mass is 9.97. The van der Waals surface area contributed by atoms with E-state index in [9.17, 15) is 9.59 Å². The zero-order valence-corrected chi connectivity index (χ0v) is 18.2. The Kier molecular flexibility index (Phi) is 5.63. The minimum atomic E-state index is -0.288. The van der Waals surface area contributed by atoms with Gasteiger partial charge in [0.1, 0.15) is 6.17 Å². The molecule has 1 saturated heterocycles. The van der Waals surface area contributed by atoms with Gasteiger partial charge in [0.2, 0.25) is 5.75 Å². The standard InChI is InChI=1S/C23H27N3O5/c1-25-17-11-14(8-9-16(17)23(28)26-10-6-5-7-20(25)26)22(27)24-15-12-18(29-2)21(31-4)19(13-15)30-3/h8-9,11-13,20H,5-7,10H2,1-4H3,(H,24,27). The highest BCUT2D eigenvalue weighted by Crippen LogP contribution is 2.40. The normalized spacial score (nSPS) is 17.5. The molecular formula is C23H27N3O5. The number of ether oxygens (including phenoxy) is 3. The number of carbonyl (C=O) groups excluding carboxylic acids is 2. The smallest absolute Gasteiger partial charge is 0.257 e. The molecule has 0 aliphatic carbocycles. The van der Waals surface area contributed by atoms with Crippen molar-refractivity contribution in [2.45, 2.75) is 25.4 Å². The van der Waals surface area contributed by atoms with Crippen LogP contribution in [0.4, 0.5) is 11.4 Å². The van der Waals surface area contributed by atoms with Crippen molar-refractivity contribution in [1.29, 1.82) is 0 Å². The quantitative estimate of drug-likeness (QED) is 0.791. The van der Waals surface area contributed by atoms with Crippen molar-refractivity contribution in [3.63, 3.8) is 0 Å². The van der Waals surface area contributed by atoms with Crippen LogP contribution < -0.4 is 24.4 Å². The fourth-order valence-corrected chi connectivity index (χ4v) is 4.37. The van der Waals surface area contributed by atoms with Gasteiger partial charge < -0.3 is 29.3 Å². The molecule has 2 aliphatic heterocycles. The molecule has 1 fully saturated rings. The Morgan fingerprint density at radius 1 is 1.03 bits per heavy atom. The average molecular weight is 425 g/mol. The van der Waals surface area contributed by atoms with E-state index in [4.69, 9.17) is 14.2 Å². The summed E-state index contributed by atoms with van der Waals surface area (Å²) in [6, 6.07) is 8.55. The van der Waals surface area contributed by atoms with Gasteiger partial charge in [-0.3, -0.25) is 9.59 Å². The van der Waals surface area contributed by atoms with Crippen LogP contribution in [0.1, 0.15) is 40.0 Å². The monoisotopic (exact) mass is 425 g/mol. The molecule has 2 heterocycles. The summed E-state index contributed by atoms with van der Waals surface area (Å²) in [5.41, 5.74) is 2.40. The highest BCUT2D eigenvalue weighted by molar-refractivity contribution is 6.08. The van der Waals surface area contributed by atoms with Gasteiger partial charge in [0.05, 0.1) is 32.6 Å². The van der Waals surface area contributed by atoms with Gasteiger partial charge in [0.15, 0.2) is 11.5 Å². The summed E-state index contributed by atoms with van der Waals surface area (Å²) >= 11 is 0. The van der Waals surface area contributed by atoms with E-state index in [1.54, 1.807) is 30.3 Å². The molecule has 4 rings (SSSR count). The molecule has 164 valence electrons. The third kappa shape index (κ3) is 3.62. The average Bonchev–Trinajstić information content (AvgIpc) is 2.81. The van der Waals surface area contributed by atoms with Crippen molar-refractivity contribution < 1.29 is 23.8 Å². The number of nitrogens with one attached hydrogen (secondary N) is 1. The molecule has 2 aliphatic rings. The topological polar surface area (TPSA) is 80.3 Å². The first kappa shape index (κ1) is 20.8. The number of fused-ring (bicyclic) bond motifs is 2. The van der Waals surface area contributed by atoms with Crippen LogP contribution in [0.15, 0.2) is 30.3 Å². The summed E-state index contributed by atoms with van der Waals surface area (Å²) in [4.78, 5) is 30.0. The fourth-order valence-electron chi connectivity index (χ4n) is 4.37. The van der Waals surface area contributed by atoms with Gasteiger partial charge in [0.25, 0.3) is 11.8 Å². The van der Waals surface area contributed by atoms with Crippen molar-refractivity contribution in [1.82, 2.24) is 4.90 Å². The minimum Gasteiger partial charge on any atom is -0.493 e. The maximum Gasteiger partial charge on any atom is 0.257 e. The van der Waals surface area contributed by atoms with Gasteiger partial charge in [-0.25, -0.2) is 0 Å². The highest BCUT2D eigenvalue weighted by atomic mass is 16.5. The van der Waals surface area contributed by atoms with E-state index in [0.29, 0.717) is 34.1 Å². The van der Waals surface area contributed by atoms with E-state index < -0.39 is 0 Å². The Hall–Kier alpha value is -3.42. The molecule has 8 nitrogen and oxygen atoms in total. The van der Waals surface area contributed by atoms with Crippen LogP contribution in [0.3, 0.4) is 0 Å². The Morgan fingerprint density at radius 3 is 2.39 bits per heavy atom. The molecule has 1 unspecified atom stereocenters. The lowest BCUT2D eigenvalue weighted by molar-refractivity contribution is 0.0589. The molecule has 31 heavy (non-hydrogen) atoms. The molecule has 0 bridgehead atoms. The molecule has 2 amide bonds. The third-order valence-corrected chi connectivity index (χ3v) is 5.97. The maximum absolute atomic E-state index is 13.0. The lowest BCUT2D eigenvalue weighted by Crippen LogP contribution is -2.55. The first-order chi connectivity index (χ1) is 15.0. The number of nitrogens with zero attached hydrogens (tertiary/aromatic N) is 2. The minimum absolute atomic E-state index is 0.0365. The predicted octanol–water partition coefficient (Wildman–Crippen LogP) is 3.37. The number of hydrogen-bond acceptors (Lipinski definition) is 6. The van der Waals surface area contributed by atoms with Gasteiger partial charge in [-0.05, 0) is 37.5 Å². The van der Waals surface area contributed by atoms with Gasteiger partial charge in [-0.1, -0.05) is 0 Å². The molecule has 0 saturated carbocycles. The third-order valence-electron chi connectivity index (χ3n) is 5.97. The second-order valence-corrected chi connectivity index (χ2v) is 7.69. The number of piperidine rings is 1. The van der Waals surface area contributed by atoms with Crippen molar-refractivity contribution in [3.05, 3.63) is 41.5 Å². The largest absolute Gasteiger partial charge is 0.493 e. The first-order valence-corrected chi connectivity index (χ1v) is 10.3. The Bertz CT molecular complexity index is 997. The molecule has 0 aromatic heterocycles. The van der Waals surface area contributed by atoms with Gasteiger partial charge in [-0.15, -0.1) is 0 Å². The van der Waals surface area contributed by atoms with Crippen molar-refractivity contribution in [2.75, 3.05) is 45.1 Å². The van der Waals surface area contributed by atoms with E-state index in [1.165, 1.54) is 21.3 Å². The molecule has 8 heteroatoms. The summed E-state index contributed by atoms with van der Waals surface area (Å²) in [5.74, 6) is 1.10. The number of rotatable bonds is 5. The summed E-state index contributed by atoms with van der Waals surface area (Å²) in [7, 11) is 6.55. The van der Waals surface area contributed by atoms with E-state index in [0.717, 1.165) is 31.5 Å². The van der Waals surface area contributed by atoms with Crippen LogP contribution in [-0.2, 0) is 0 Å². The molecule has 2 aromatic rings. The number of methoxy groups -OCH3 is 3. The molecule has 1 atom stereocenters. The van der Waals surface area contributed by atoms with Gasteiger partial charge in [-0.2, -0.15) is 0 Å². The van der Waals surface area contributed by atoms with E-state index in [-0.39, 0.29) is 18.0 Å². The summed E-state index contributed by atoms with van der Waals surface area (Å²) in [6.45, 7) is 0.774. The molecule has 0 spiro atoms. The number of benzene rings is 2. The molecule has 2 aromatic carbocycles. The van der Waals surface area contributed by atoms with Crippen LogP contribution >= 0.6 is 0 Å². The summed E-state index contributed by atoms with van der Waals surface area (Å²) < 4.78 is 16.0. The lowest BCUT2D eigenvalue weighted by Gasteiger charge is -2.46. The van der Waals surface area contributed by atoms with Crippen molar-refractivity contribution >= 4 is 23.2 Å². The zero-order valence-electron chi connectivity index (χ0n) is 18.2. The van der Waals surface area contributed by atoms with Gasteiger partial charge in [0, 0.05) is 37.0 Å². The molecule has 1 N–H and O–H groups in total. The highest BCUT2D eigenvalue weighted by Gasteiger charge is 2.37. The summed E-state index contributed by atoms with van der Waals surface area (Å²) in [6.07, 6.45) is 3.10. The second-order valence-electron chi connectivity index (χ2n) is 7.69. The number of anilines is 2. The van der Waals surface area contributed by atoms with E-state index in [1.807, 2.05) is 11.9 Å². The van der Waals surface area contributed by atoms with Crippen LogP contribution in [-0.4, -0.2) is 57.8 Å². The molecular weight excluding hydrogens is 398 g/mol.